The summed E-state index contributed by atoms with van der Waals surface area (Å²) in [5, 5.41) is 9.19. The van der Waals surface area contributed by atoms with Crippen LogP contribution in [0.4, 0.5) is 35.5 Å². The van der Waals surface area contributed by atoms with Gasteiger partial charge in [0.25, 0.3) is 0 Å². The van der Waals surface area contributed by atoms with Crippen molar-refractivity contribution in [3.05, 3.63) is 93.8 Å². The van der Waals surface area contributed by atoms with E-state index in [4.69, 9.17) is 9.47 Å². The van der Waals surface area contributed by atoms with E-state index >= 15 is 0 Å². The molecule has 46 heavy (non-hydrogen) atoms. The van der Waals surface area contributed by atoms with Crippen molar-refractivity contribution in [3.63, 3.8) is 0 Å². The lowest BCUT2D eigenvalue weighted by Gasteiger charge is -2.28. The van der Waals surface area contributed by atoms with Crippen LogP contribution in [0.3, 0.4) is 0 Å². The van der Waals surface area contributed by atoms with Gasteiger partial charge in [-0.3, -0.25) is 4.90 Å². The van der Waals surface area contributed by atoms with Gasteiger partial charge in [-0.25, -0.2) is 14.0 Å². The van der Waals surface area contributed by atoms with Crippen molar-refractivity contribution in [2.45, 2.75) is 57.1 Å². The summed E-state index contributed by atoms with van der Waals surface area (Å²) in [4.78, 5) is 25.6. The fraction of sp³-hybridized carbons (Fsp3) is 0.333. The molecule has 1 heterocycles. The molecule has 0 radical (unpaired) electrons. The third kappa shape index (κ3) is 6.54. The highest BCUT2D eigenvalue weighted by atomic mass is 19.4. The number of benzene rings is 3. The number of cyclic esters (lactones) is 1. The molecule has 1 N–H and O–H groups in total. The second-order valence-corrected chi connectivity index (χ2v) is 11.2. The van der Waals surface area contributed by atoms with Crippen LogP contribution in [0.1, 0.15) is 71.3 Å². The summed E-state index contributed by atoms with van der Waals surface area (Å²) in [6.45, 7) is 1.49. The number of allylic oxidation sites excluding steroid dienone is 1. The van der Waals surface area contributed by atoms with E-state index in [2.05, 4.69) is 0 Å². The Balaban J connectivity index is 1.51. The van der Waals surface area contributed by atoms with Gasteiger partial charge < -0.3 is 14.6 Å². The number of ether oxygens (including phenoxy) is 2. The number of nitrogens with zero attached hydrogens (tertiary/aromatic N) is 1. The fourth-order valence-corrected chi connectivity index (χ4v) is 5.97. The first-order valence-electron chi connectivity index (χ1n) is 14.3. The Morgan fingerprint density at radius 3 is 2.17 bits per heavy atom. The molecule has 6 nitrogen and oxygen atoms in total. The lowest BCUT2D eigenvalue weighted by atomic mass is 9.85. The lowest BCUT2D eigenvalue weighted by Crippen LogP contribution is -2.34. The molecule has 0 unspecified atom stereocenters. The van der Waals surface area contributed by atoms with Gasteiger partial charge in [0, 0.05) is 17.7 Å². The van der Waals surface area contributed by atoms with Crippen LogP contribution in [0.5, 0.6) is 5.75 Å². The van der Waals surface area contributed by atoms with Crippen molar-refractivity contribution in [3.8, 4) is 16.9 Å². The number of carboxylic acids is 1. The summed E-state index contributed by atoms with van der Waals surface area (Å²) in [6, 6.07) is 8.78. The van der Waals surface area contributed by atoms with E-state index < -0.39 is 59.1 Å². The molecule has 0 saturated carbocycles. The van der Waals surface area contributed by atoms with Crippen LogP contribution in [-0.4, -0.2) is 41.8 Å². The molecule has 2 aliphatic rings. The number of rotatable bonds is 7. The molecule has 0 bridgehead atoms. The second-order valence-electron chi connectivity index (χ2n) is 11.2. The van der Waals surface area contributed by atoms with Crippen molar-refractivity contribution in [2.75, 3.05) is 13.7 Å². The van der Waals surface area contributed by atoms with Gasteiger partial charge >= 0.3 is 24.4 Å². The molecular weight excluding hydrogens is 623 g/mol. The van der Waals surface area contributed by atoms with Crippen LogP contribution in [0, 0.1) is 5.82 Å². The maximum atomic E-state index is 15.0. The number of halogens is 7. The molecule has 1 amide bonds. The van der Waals surface area contributed by atoms with Gasteiger partial charge in [-0.15, -0.1) is 0 Å². The number of aromatic carboxylic acids is 1. The highest BCUT2D eigenvalue weighted by Gasteiger charge is 2.43. The molecule has 1 fully saturated rings. The molecule has 3 aromatic carbocycles. The molecular formula is C33H28F7NO5. The zero-order chi connectivity index (χ0) is 33.6. The minimum atomic E-state index is -5.06. The Kier molecular flexibility index (Phi) is 8.80. The summed E-state index contributed by atoms with van der Waals surface area (Å²) in [6.07, 6.45) is -9.76. The van der Waals surface area contributed by atoms with Gasteiger partial charge in [0.15, 0.2) is 0 Å². The van der Waals surface area contributed by atoms with Crippen LogP contribution in [0.15, 0.2) is 60.2 Å². The number of carbonyl (C=O) groups excluding carboxylic acids is 1. The number of carbonyl (C=O) groups is 2. The SMILES string of the molecule is COc1ccc(-c2ccc(C(=O)O)cc2F)cc1C1=C(CN2C(=O)O[C@H](c3cc(C(F)(F)F)cc(C(F)(F)F)c3)[C@@H]2C)CCCC1. The van der Waals surface area contributed by atoms with E-state index in [0.29, 0.717) is 41.9 Å². The lowest BCUT2D eigenvalue weighted by molar-refractivity contribution is -0.143. The van der Waals surface area contributed by atoms with Gasteiger partial charge in [0.1, 0.15) is 17.7 Å². The van der Waals surface area contributed by atoms with Crippen LogP contribution in [0.25, 0.3) is 16.7 Å². The first kappa shape index (κ1) is 32.8. The first-order valence-corrected chi connectivity index (χ1v) is 14.3. The Morgan fingerprint density at radius 2 is 1.59 bits per heavy atom. The molecule has 2 atom stereocenters. The summed E-state index contributed by atoms with van der Waals surface area (Å²) in [5.41, 5.74) is -0.837. The van der Waals surface area contributed by atoms with E-state index in [-0.39, 0.29) is 23.7 Å². The summed E-state index contributed by atoms with van der Waals surface area (Å²) in [7, 11) is 1.46. The molecule has 13 heteroatoms. The molecule has 3 aromatic rings. The highest BCUT2D eigenvalue weighted by molar-refractivity contribution is 5.88. The zero-order valence-electron chi connectivity index (χ0n) is 24.6. The van der Waals surface area contributed by atoms with E-state index in [1.807, 2.05) is 0 Å². The molecule has 0 aromatic heterocycles. The largest absolute Gasteiger partial charge is 0.496 e. The molecule has 1 aliphatic carbocycles. The van der Waals surface area contributed by atoms with E-state index in [1.54, 1.807) is 18.2 Å². The molecule has 1 saturated heterocycles. The number of amides is 1. The molecule has 1 aliphatic heterocycles. The summed E-state index contributed by atoms with van der Waals surface area (Å²) in [5.74, 6) is -1.56. The van der Waals surface area contributed by atoms with Crippen LogP contribution >= 0.6 is 0 Å². The van der Waals surface area contributed by atoms with Gasteiger partial charge in [0.05, 0.1) is 29.8 Å². The van der Waals surface area contributed by atoms with Crippen LogP contribution in [0.2, 0.25) is 0 Å². The average Bonchev–Trinajstić information content (AvgIpc) is 3.28. The van der Waals surface area contributed by atoms with Gasteiger partial charge in [-0.05, 0) is 97.3 Å². The molecule has 5 rings (SSSR count). The number of methoxy groups -OCH3 is 1. The standard InChI is InChI=1S/C33H28F7NO5/c1-17-29(21-11-22(32(35,36)37)15-23(12-21)33(38,39)40)46-31(44)41(17)16-20-5-3-4-6-24(20)26-13-18(8-10-28(26)45-2)25-9-7-19(30(42)43)14-27(25)34/h7-15,17,29H,3-6,16H2,1-2H3,(H,42,43)/t17-,29-/m0/s1. The number of hydrogen-bond acceptors (Lipinski definition) is 4. The maximum Gasteiger partial charge on any atom is 0.416 e. The van der Waals surface area contributed by atoms with Crippen molar-refractivity contribution in [1.82, 2.24) is 4.90 Å². The van der Waals surface area contributed by atoms with Gasteiger partial charge in [-0.2, -0.15) is 26.3 Å². The van der Waals surface area contributed by atoms with Crippen molar-refractivity contribution < 1.29 is 54.9 Å². The number of carboxylic acid groups (broad SMARTS) is 1. The predicted molar refractivity (Wildman–Crippen MR) is 153 cm³/mol. The van der Waals surface area contributed by atoms with Gasteiger partial charge in [0.2, 0.25) is 0 Å². The first-order chi connectivity index (χ1) is 21.6. The molecule has 244 valence electrons. The van der Waals surface area contributed by atoms with Crippen LogP contribution in [-0.2, 0) is 17.1 Å². The van der Waals surface area contributed by atoms with Crippen molar-refractivity contribution in [2.24, 2.45) is 0 Å². The Bertz CT molecular complexity index is 1680. The van der Waals surface area contributed by atoms with Crippen molar-refractivity contribution >= 4 is 17.6 Å². The van der Waals surface area contributed by atoms with E-state index in [1.165, 1.54) is 31.1 Å². The van der Waals surface area contributed by atoms with E-state index in [0.717, 1.165) is 30.1 Å². The quantitative estimate of drug-likeness (QED) is 0.258. The number of hydrogen-bond donors (Lipinski definition) is 1. The predicted octanol–water partition coefficient (Wildman–Crippen LogP) is 9.15. The highest BCUT2D eigenvalue weighted by Crippen LogP contribution is 2.43. The van der Waals surface area contributed by atoms with E-state index in [9.17, 15) is 45.4 Å². The fourth-order valence-electron chi connectivity index (χ4n) is 5.97. The van der Waals surface area contributed by atoms with Crippen molar-refractivity contribution in [1.29, 1.82) is 0 Å². The Labute approximate surface area is 259 Å². The topological polar surface area (TPSA) is 76.1 Å². The smallest absolute Gasteiger partial charge is 0.416 e. The average molecular weight is 652 g/mol. The second kappa shape index (κ2) is 12.3. The molecule has 0 spiro atoms. The van der Waals surface area contributed by atoms with Crippen LogP contribution < -0.4 is 4.74 Å². The summed E-state index contributed by atoms with van der Waals surface area (Å²) >= 11 is 0. The normalized spacial score (nSPS) is 19.0. The third-order valence-corrected chi connectivity index (χ3v) is 8.33. The third-order valence-electron chi connectivity index (χ3n) is 8.33. The Morgan fingerprint density at radius 1 is 0.935 bits per heavy atom. The number of alkyl halides is 6. The van der Waals surface area contributed by atoms with Gasteiger partial charge in [-0.1, -0.05) is 12.1 Å². The maximum absolute atomic E-state index is 15.0. The zero-order valence-corrected chi connectivity index (χ0v) is 24.6. The monoisotopic (exact) mass is 651 g/mol. The summed E-state index contributed by atoms with van der Waals surface area (Å²) < 4.78 is 107. The Hall–Kier alpha value is -4.55. The minimum Gasteiger partial charge on any atom is -0.496 e. The minimum absolute atomic E-state index is 0.00796.